The maximum absolute atomic E-state index is 12.7. The second-order valence-corrected chi connectivity index (χ2v) is 5.34. The molecule has 0 saturated carbocycles. The lowest BCUT2D eigenvalue weighted by molar-refractivity contribution is 0.0650. The molecular formula is C17H19N3O2. The Morgan fingerprint density at radius 1 is 1.27 bits per heavy atom. The van der Waals surface area contributed by atoms with Crippen molar-refractivity contribution >= 4 is 5.91 Å². The van der Waals surface area contributed by atoms with Gasteiger partial charge in [0.15, 0.2) is 0 Å². The van der Waals surface area contributed by atoms with Gasteiger partial charge in [0.1, 0.15) is 5.69 Å². The lowest BCUT2D eigenvalue weighted by atomic mass is 10.1. The largest absolute Gasteiger partial charge is 0.379 e. The molecule has 0 unspecified atom stereocenters. The van der Waals surface area contributed by atoms with E-state index in [0.29, 0.717) is 25.5 Å². The Morgan fingerprint density at radius 3 is 2.82 bits per heavy atom. The van der Waals surface area contributed by atoms with E-state index in [1.807, 2.05) is 23.1 Å². The Bertz CT molecular complexity index is 598. The molecule has 0 radical (unpaired) electrons. The first kappa shape index (κ1) is 14.7. The molecule has 114 valence electrons. The molecule has 0 bridgehead atoms. The highest BCUT2D eigenvalue weighted by Gasteiger charge is 2.28. The summed E-state index contributed by atoms with van der Waals surface area (Å²) in [5.41, 5.74) is 1.61. The lowest BCUT2D eigenvalue weighted by Crippen LogP contribution is -2.42. The van der Waals surface area contributed by atoms with E-state index < -0.39 is 0 Å². The molecule has 0 N–H and O–H groups in total. The fourth-order valence-electron chi connectivity index (χ4n) is 2.67. The van der Waals surface area contributed by atoms with E-state index in [1.54, 1.807) is 12.4 Å². The van der Waals surface area contributed by atoms with Gasteiger partial charge >= 0.3 is 0 Å². The summed E-state index contributed by atoms with van der Waals surface area (Å²) in [5, 5.41) is 0. The molecule has 5 nitrogen and oxygen atoms in total. The molecule has 1 aliphatic rings. The van der Waals surface area contributed by atoms with E-state index in [-0.39, 0.29) is 11.9 Å². The van der Waals surface area contributed by atoms with Crippen molar-refractivity contribution in [3.05, 3.63) is 60.2 Å². The van der Waals surface area contributed by atoms with E-state index in [2.05, 4.69) is 22.1 Å². The van der Waals surface area contributed by atoms with Crippen molar-refractivity contribution in [2.75, 3.05) is 19.8 Å². The van der Waals surface area contributed by atoms with Gasteiger partial charge in [-0.1, -0.05) is 30.3 Å². The van der Waals surface area contributed by atoms with E-state index >= 15 is 0 Å². The van der Waals surface area contributed by atoms with Gasteiger partial charge < -0.3 is 9.64 Å². The summed E-state index contributed by atoms with van der Waals surface area (Å²) < 4.78 is 5.45. The van der Waals surface area contributed by atoms with E-state index in [1.165, 1.54) is 11.8 Å². The van der Waals surface area contributed by atoms with Crippen LogP contribution in [0.3, 0.4) is 0 Å². The molecular weight excluding hydrogens is 278 g/mol. The smallest absolute Gasteiger partial charge is 0.274 e. The van der Waals surface area contributed by atoms with Crippen molar-refractivity contribution in [1.82, 2.24) is 14.9 Å². The predicted molar refractivity (Wildman–Crippen MR) is 82.4 cm³/mol. The number of amides is 1. The molecule has 1 saturated heterocycles. The minimum atomic E-state index is -0.0699. The van der Waals surface area contributed by atoms with Gasteiger partial charge in [0.05, 0.1) is 18.8 Å². The van der Waals surface area contributed by atoms with Gasteiger partial charge in [0, 0.05) is 25.5 Å². The number of rotatable bonds is 5. The molecule has 22 heavy (non-hydrogen) atoms. The number of hydrogen-bond donors (Lipinski definition) is 0. The molecule has 1 aromatic carbocycles. The number of benzene rings is 1. The molecule has 5 heteroatoms. The van der Waals surface area contributed by atoms with Crippen LogP contribution in [0.15, 0.2) is 48.9 Å². The molecule has 1 amide bonds. The average molecular weight is 297 g/mol. The number of hydrogen-bond acceptors (Lipinski definition) is 4. The van der Waals surface area contributed by atoms with Crippen LogP contribution in [0.2, 0.25) is 0 Å². The summed E-state index contributed by atoms with van der Waals surface area (Å²) in [6, 6.07) is 10.3. The Balaban J connectivity index is 1.73. The number of nitrogens with zero attached hydrogens (tertiary/aromatic N) is 3. The van der Waals surface area contributed by atoms with Crippen LogP contribution >= 0.6 is 0 Å². The third-order valence-corrected chi connectivity index (χ3v) is 3.87. The topological polar surface area (TPSA) is 55.3 Å². The predicted octanol–water partition coefficient (Wildman–Crippen LogP) is 1.95. The summed E-state index contributed by atoms with van der Waals surface area (Å²) in [5.74, 6) is -0.0699. The molecule has 1 fully saturated rings. The van der Waals surface area contributed by atoms with Crippen LogP contribution in [0.25, 0.3) is 0 Å². The van der Waals surface area contributed by atoms with Crippen LogP contribution in [0.5, 0.6) is 0 Å². The van der Waals surface area contributed by atoms with Gasteiger partial charge in [-0.2, -0.15) is 0 Å². The molecule has 1 aliphatic heterocycles. The van der Waals surface area contributed by atoms with Gasteiger partial charge in [-0.15, -0.1) is 0 Å². The summed E-state index contributed by atoms with van der Waals surface area (Å²) in [6.45, 7) is 1.97. The van der Waals surface area contributed by atoms with Crippen LogP contribution in [-0.2, 0) is 11.2 Å². The fraction of sp³-hybridized carbons (Fsp3) is 0.353. The van der Waals surface area contributed by atoms with Crippen LogP contribution in [0.1, 0.15) is 22.5 Å². The number of ether oxygens (including phenoxy) is 1. The van der Waals surface area contributed by atoms with Crippen molar-refractivity contribution < 1.29 is 9.53 Å². The molecule has 0 aliphatic carbocycles. The van der Waals surface area contributed by atoms with Gasteiger partial charge in [-0.05, 0) is 18.4 Å². The second kappa shape index (κ2) is 7.13. The van der Waals surface area contributed by atoms with Gasteiger partial charge in [0.2, 0.25) is 0 Å². The molecule has 0 spiro atoms. The normalized spacial score (nSPS) is 17.4. The van der Waals surface area contributed by atoms with Crippen LogP contribution in [0.4, 0.5) is 0 Å². The minimum absolute atomic E-state index is 0.0699. The van der Waals surface area contributed by atoms with E-state index in [4.69, 9.17) is 4.74 Å². The van der Waals surface area contributed by atoms with E-state index in [0.717, 1.165) is 12.8 Å². The molecule has 3 rings (SSSR count). The third kappa shape index (κ3) is 3.49. The maximum atomic E-state index is 12.7. The van der Waals surface area contributed by atoms with Crippen molar-refractivity contribution in [2.45, 2.75) is 18.9 Å². The molecule has 2 aromatic rings. The number of aromatic nitrogens is 2. The van der Waals surface area contributed by atoms with Gasteiger partial charge in [-0.25, -0.2) is 4.98 Å². The Labute approximate surface area is 130 Å². The zero-order valence-corrected chi connectivity index (χ0v) is 12.4. The maximum Gasteiger partial charge on any atom is 0.274 e. The summed E-state index contributed by atoms with van der Waals surface area (Å²) >= 11 is 0. The van der Waals surface area contributed by atoms with Crippen molar-refractivity contribution in [1.29, 1.82) is 0 Å². The quantitative estimate of drug-likeness (QED) is 0.846. The fourth-order valence-corrected chi connectivity index (χ4v) is 2.67. The summed E-state index contributed by atoms with van der Waals surface area (Å²) in [7, 11) is 0. The Hall–Kier alpha value is -2.27. The summed E-state index contributed by atoms with van der Waals surface area (Å²) in [6.07, 6.45) is 6.34. The Kier molecular flexibility index (Phi) is 4.75. The minimum Gasteiger partial charge on any atom is -0.379 e. The average Bonchev–Trinajstić information content (AvgIpc) is 3.11. The molecule has 1 atom stereocenters. The first-order chi connectivity index (χ1) is 10.8. The van der Waals surface area contributed by atoms with E-state index in [9.17, 15) is 4.79 Å². The van der Waals surface area contributed by atoms with Crippen LogP contribution in [0, 0.1) is 0 Å². The van der Waals surface area contributed by atoms with Gasteiger partial charge in [0.25, 0.3) is 5.91 Å². The van der Waals surface area contributed by atoms with Crippen molar-refractivity contribution in [3.8, 4) is 0 Å². The first-order valence-corrected chi connectivity index (χ1v) is 7.53. The van der Waals surface area contributed by atoms with Crippen LogP contribution in [-0.4, -0.2) is 46.6 Å². The lowest BCUT2D eigenvalue weighted by Gasteiger charge is -2.27. The Morgan fingerprint density at radius 2 is 2.14 bits per heavy atom. The highest BCUT2D eigenvalue weighted by molar-refractivity contribution is 5.92. The molecule has 1 aromatic heterocycles. The first-order valence-electron chi connectivity index (χ1n) is 7.53. The number of carbonyl (C=O) groups is 1. The highest BCUT2D eigenvalue weighted by Crippen LogP contribution is 2.16. The third-order valence-electron chi connectivity index (χ3n) is 3.87. The van der Waals surface area contributed by atoms with Crippen LogP contribution < -0.4 is 0 Å². The molecule has 2 heterocycles. The van der Waals surface area contributed by atoms with Crippen molar-refractivity contribution in [2.24, 2.45) is 0 Å². The highest BCUT2D eigenvalue weighted by atomic mass is 16.5. The van der Waals surface area contributed by atoms with Crippen molar-refractivity contribution in [3.63, 3.8) is 0 Å². The van der Waals surface area contributed by atoms with Gasteiger partial charge in [-0.3, -0.25) is 9.78 Å². The summed E-state index contributed by atoms with van der Waals surface area (Å²) in [4.78, 5) is 22.7. The zero-order chi connectivity index (χ0) is 15.2. The second-order valence-electron chi connectivity index (χ2n) is 5.34. The monoisotopic (exact) mass is 297 g/mol. The standard InChI is InChI=1S/C17H19N3O2/c21-17(16-12-18-8-9-19-16)20(15-7-11-22-13-15)10-6-14-4-2-1-3-5-14/h1-5,8-9,12,15H,6-7,10-11,13H2/t15-/m0/s1. The number of carbonyl (C=O) groups excluding carboxylic acids is 1. The SMILES string of the molecule is O=C(c1cnccn1)N(CCc1ccccc1)[C@H]1CCOC1. The zero-order valence-electron chi connectivity index (χ0n) is 12.4.